The van der Waals surface area contributed by atoms with Gasteiger partial charge in [-0.2, -0.15) is 5.26 Å². The van der Waals surface area contributed by atoms with E-state index in [1.807, 2.05) is 10.5 Å². The highest BCUT2D eigenvalue weighted by Gasteiger charge is 2.23. The number of anilines is 1. The molecule has 0 aliphatic heterocycles. The minimum absolute atomic E-state index is 0.461. The van der Waals surface area contributed by atoms with Crippen molar-refractivity contribution in [1.82, 2.24) is 14.4 Å². The highest BCUT2D eigenvalue weighted by molar-refractivity contribution is 6.36. The number of hydrogen-bond donors (Lipinski definition) is 0. The number of aromatic nitrogens is 3. The molecule has 0 unspecified atom stereocenters. The van der Waals surface area contributed by atoms with Gasteiger partial charge in [0.05, 0.1) is 16.9 Å². The van der Waals surface area contributed by atoms with Crippen molar-refractivity contribution in [1.29, 1.82) is 5.26 Å². The van der Waals surface area contributed by atoms with Crippen molar-refractivity contribution in [3.63, 3.8) is 0 Å². The lowest BCUT2D eigenvalue weighted by atomic mass is 10.1. The third-order valence-corrected chi connectivity index (χ3v) is 5.16. The zero-order valence-electron chi connectivity index (χ0n) is 16.3. The van der Waals surface area contributed by atoms with Crippen LogP contribution in [-0.4, -0.2) is 27.5 Å². The van der Waals surface area contributed by atoms with Gasteiger partial charge in [-0.25, -0.2) is 9.97 Å². The van der Waals surface area contributed by atoms with Crippen LogP contribution in [0.15, 0.2) is 24.4 Å². The predicted octanol–water partition coefficient (Wildman–Crippen LogP) is 5.76. The summed E-state index contributed by atoms with van der Waals surface area (Å²) in [6, 6.07) is 7.59. The molecule has 0 atom stereocenters. The van der Waals surface area contributed by atoms with Crippen molar-refractivity contribution in [3.8, 4) is 17.3 Å². The smallest absolute Gasteiger partial charge is 0.166 e. The van der Waals surface area contributed by atoms with E-state index in [1.54, 1.807) is 18.3 Å². The van der Waals surface area contributed by atoms with Gasteiger partial charge < -0.3 is 4.90 Å². The molecular formula is C21H23Cl2N5. The Morgan fingerprint density at radius 1 is 1.14 bits per heavy atom. The van der Waals surface area contributed by atoms with Gasteiger partial charge in [-0.05, 0) is 37.5 Å². The fourth-order valence-corrected chi connectivity index (χ4v) is 3.96. The van der Waals surface area contributed by atoms with Crippen LogP contribution in [-0.2, 0) is 6.42 Å². The molecule has 0 saturated carbocycles. The molecule has 1 aromatic carbocycles. The summed E-state index contributed by atoms with van der Waals surface area (Å²) >= 11 is 12.5. The quantitative estimate of drug-likeness (QED) is 0.491. The Hall–Kier alpha value is -2.29. The standard InChI is InChI=1S/C21H23Cl2N5/c1-4-9-27(10-5-2)21-18(6-3)26-20-19(25-13-15(12-24)28(20)21)16-8-7-14(22)11-17(16)23/h7-8,11,13H,4-6,9-10H2,1-3H3. The van der Waals surface area contributed by atoms with Crippen molar-refractivity contribution in [2.24, 2.45) is 0 Å². The van der Waals surface area contributed by atoms with Crippen molar-refractivity contribution in [3.05, 3.63) is 45.8 Å². The molecule has 0 spiro atoms. The Kier molecular flexibility index (Phi) is 6.43. The second-order valence-electron chi connectivity index (χ2n) is 6.61. The van der Waals surface area contributed by atoms with Gasteiger partial charge in [-0.15, -0.1) is 0 Å². The SMILES string of the molecule is CCCN(CCC)c1c(CC)nc2c(-c3ccc(Cl)cc3Cl)ncc(C#N)n12. The summed E-state index contributed by atoms with van der Waals surface area (Å²) in [7, 11) is 0. The Labute approximate surface area is 175 Å². The Morgan fingerprint density at radius 3 is 2.43 bits per heavy atom. The van der Waals surface area contributed by atoms with Crippen LogP contribution in [0.4, 0.5) is 5.82 Å². The second-order valence-corrected chi connectivity index (χ2v) is 7.45. The van der Waals surface area contributed by atoms with Crippen LogP contribution in [0.1, 0.15) is 45.0 Å². The van der Waals surface area contributed by atoms with E-state index in [2.05, 4.69) is 36.7 Å². The van der Waals surface area contributed by atoms with Gasteiger partial charge in [0.25, 0.3) is 0 Å². The lowest BCUT2D eigenvalue weighted by Crippen LogP contribution is -2.27. The number of rotatable bonds is 7. The van der Waals surface area contributed by atoms with Gasteiger partial charge in [0.15, 0.2) is 5.65 Å². The number of nitriles is 1. The average molecular weight is 416 g/mol. The van der Waals surface area contributed by atoms with Crippen LogP contribution >= 0.6 is 23.2 Å². The third kappa shape index (κ3) is 3.67. The first-order valence-electron chi connectivity index (χ1n) is 9.56. The Bertz CT molecular complexity index is 1030. The zero-order valence-corrected chi connectivity index (χ0v) is 17.8. The van der Waals surface area contributed by atoms with Crippen LogP contribution in [0.5, 0.6) is 0 Å². The Morgan fingerprint density at radius 2 is 1.86 bits per heavy atom. The van der Waals surface area contributed by atoms with E-state index in [4.69, 9.17) is 28.2 Å². The van der Waals surface area contributed by atoms with Crippen LogP contribution in [0.2, 0.25) is 10.0 Å². The number of hydrogen-bond acceptors (Lipinski definition) is 4. The minimum atomic E-state index is 0.461. The molecule has 7 heteroatoms. The van der Waals surface area contributed by atoms with E-state index < -0.39 is 0 Å². The monoisotopic (exact) mass is 415 g/mol. The van der Waals surface area contributed by atoms with Gasteiger partial charge in [0.1, 0.15) is 23.3 Å². The van der Waals surface area contributed by atoms with Crippen LogP contribution in [0, 0.1) is 11.3 Å². The molecule has 0 radical (unpaired) electrons. The predicted molar refractivity (Wildman–Crippen MR) is 115 cm³/mol. The molecule has 0 aliphatic carbocycles. The summed E-state index contributed by atoms with van der Waals surface area (Å²) < 4.78 is 1.93. The van der Waals surface area contributed by atoms with Gasteiger partial charge in [-0.1, -0.05) is 44.0 Å². The summed E-state index contributed by atoms with van der Waals surface area (Å²) in [5, 5.41) is 10.8. The van der Waals surface area contributed by atoms with Gasteiger partial charge in [0.2, 0.25) is 0 Å². The number of imidazole rings is 1. The molecule has 5 nitrogen and oxygen atoms in total. The summed E-state index contributed by atoms with van der Waals surface area (Å²) in [6.07, 6.45) is 4.38. The maximum atomic E-state index is 9.74. The normalized spacial score (nSPS) is 11.0. The van der Waals surface area contributed by atoms with Crippen LogP contribution < -0.4 is 4.90 Å². The maximum absolute atomic E-state index is 9.74. The highest BCUT2D eigenvalue weighted by Crippen LogP contribution is 2.34. The molecule has 3 rings (SSSR count). The first-order chi connectivity index (χ1) is 13.5. The molecule has 0 saturated heterocycles. The van der Waals surface area contributed by atoms with E-state index in [1.165, 1.54) is 0 Å². The molecule has 0 fully saturated rings. The molecule has 3 aromatic rings. The molecule has 146 valence electrons. The molecule has 2 heterocycles. The first kappa shape index (κ1) is 20.4. The molecule has 28 heavy (non-hydrogen) atoms. The highest BCUT2D eigenvalue weighted by atomic mass is 35.5. The topological polar surface area (TPSA) is 57.2 Å². The minimum Gasteiger partial charge on any atom is -0.356 e. The van der Waals surface area contributed by atoms with E-state index in [0.29, 0.717) is 27.1 Å². The summed E-state index contributed by atoms with van der Waals surface area (Å²) in [4.78, 5) is 11.7. The number of benzene rings is 1. The lowest BCUT2D eigenvalue weighted by Gasteiger charge is -2.24. The van der Waals surface area contributed by atoms with Gasteiger partial charge in [0, 0.05) is 23.7 Å². The fraction of sp³-hybridized carbons (Fsp3) is 0.381. The number of halogens is 2. The van der Waals surface area contributed by atoms with E-state index in [9.17, 15) is 5.26 Å². The van der Waals surface area contributed by atoms with E-state index in [-0.39, 0.29) is 0 Å². The van der Waals surface area contributed by atoms with E-state index in [0.717, 1.165) is 49.4 Å². The number of nitrogens with zero attached hydrogens (tertiary/aromatic N) is 5. The molecule has 0 aliphatic rings. The van der Waals surface area contributed by atoms with E-state index >= 15 is 0 Å². The van der Waals surface area contributed by atoms with Crippen LogP contribution in [0.25, 0.3) is 16.9 Å². The van der Waals surface area contributed by atoms with Gasteiger partial charge >= 0.3 is 0 Å². The van der Waals surface area contributed by atoms with Crippen LogP contribution in [0.3, 0.4) is 0 Å². The number of fused-ring (bicyclic) bond motifs is 1. The molecule has 0 bridgehead atoms. The fourth-order valence-electron chi connectivity index (χ4n) is 3.46. The summed E-state index contributed by atoms with van der Waals surface area (Å²) in [5.74, 6) is 0.978. The van der Waals surface area contributed by atoms with Crippen molar-refractivity contribution >= 4 is 34.7 Å². The van der Waals surface area contributed by atoms with Gasteiger partial charge in [-0.3, -0.25) is 4.40 Å². The largest absolute Gasteiger partial charge is 0.356 e. The molecule has 2 aromatic heterocycles. The van der Waals surface area contributed by atoms with Crippen molar-refractivity contribution < 1.29 is 0 Å². The molecular weight excluding hydrogens is 393 g/mol. The zero-order chi connectivity index (χ0) is 20.3. The first-order valence-corrected chi connectivity index (χ1v) is 10.3. The number of aryl methyl sites for hydroxylation is 1. The summed E-state index contributed by atoms with van der Waals surface area (Å²) in [6.45, 7) is 8.19. The van der Waals surface area contributed by atoms with Crippen molar-refractivity contribution in [2.75, 3.05) is 18.0 Å². The second kappa shape index (κ2) is 8.81. The molecule has 0 N–H and O–H groups in total. The maximum Gasteiger partial charge on any atom is 0.166 e. The molecule has 0 amide bonds. The lowest BCUT2D eigenvalue weighted by molar-refractivity contribution is 0.725. The van der Waals surface area contributed by atoms with Crippen molar-refractivity contribution in [2.45, 2.75) is 40.0 Å². The average Bonchev–Trinajstić information content (AvgIpc) is 3.07. The summed E-state index contributed by atoms with van der Waals surface area (Å²) in [5.41, 5.74) is 3.46. The Balaban J connectivity index is 2.35. The third-order valence-electron chi connectivity index (χ3n) is 4.61.